The number of pyridine rings is 1. The maximum atomic E-state index is 12.5. The first-order valence-electron chi connectivity index (χ1n) is 9.37. The van der Waals surface area contributed by atoms with Crippen molar-refractivity contribution in [1.29, 1.82) is 0 Å². The Balaban J connectivity index is 1.32. The molecule has 0 atom stereocenters. The highest BCUT2D eigenvalue weighted by atomic mass is 35.5. The summed E-state index contributed by atoms with van der Waals surface area (Å²) in [5.74, 6) is 1.16. The molecule has 7 heteroatoms. The van der Waals surface area contributed by atoms with E-state index in [1.165, 1.54) is 0 Å². The SMILES string of the molecule is O=C(Nc1ccn(Cc2cccnc2)n1)c1ccc(CSc2ccc(Cl)cc2)cc1. The highest BCUT2D eigenvalue weighted by Crippen LogP contribution is 2.24. The van der Waals surface area contributed by atoms with Crippen LogP contribution in [0.2, 0.25) is 5.02 Å². The summed E-state index contributed by atoms with van der Waals surface area (Å²) < 4.78 is 1.77. The van der Waals surface area contributed by atoms with Crippen LogP contribution in [0.1, 0.15) is 21.5 Å². The topological polar surface area (TPSA) is 59.8 Å². The molecule has 0 saturated carbocycles. The summed E-state index contributed by atoms with van der Waals surface area (Å²) in [7, 11) is 0. The molecule has 4 rings (SSSR count). The molecule has 0 aliphatic carbocycles. The van der Waals surface area contributed by atoms with E-state index in [-0.39, 0.29) is 5.91 Å². The molecular weight excluding hydrogens is 416 g/mol. The van der Waals surface area contributed by atoms with E-state index in [0.717, 1.165) is 26.8 Å². The number of nitrogens with zero attached hydrogens (tertiary/aromatic N) is 3. The Morgan fingerprint density at radius 1 is 1.00 bits per heavy atom. The quantitative estimate of drug-likeness (QED) is 0.389. The summed E-state index contributed by atoms with van der Waals surface area (Å²) in [6, 6.07) is 21.0. The largest absolute Gasteiger partial charge is 0.305 e. The van der Waals surface area contributed by atoms with Crippen LogP contribution in [0.5, 0.6) is 0 Å². The number of carbonyl (C=O) groups excluding carboxylic acids is 1. The van der Waals surface area contributed by atoms with Gasteiger partial charge in [0.25, 0.3) is 5.91 Å². The van der Waals surface area contributed by atoms with E-state index >= 15 is 0 Å². The lowest BCUT2D eigenvalue weighted by atomic mass is 10.1. The van der Waals surface area contributed by atoms with Crippen LogP contribution in [0.4, 0.5) is 5.82 Å². The Hall–Kier alpha value is -3.09. The van der Waals surface area contributed by atoms with Gasteiger partial charge in [0, 0.05) is 45.9 Å². The molecule has 0 radical (unpaired) electrons. The molecule has 0 bridgehead atoms. The van der Waals surface area contributed by atoms with E-state index in [0.29, 0.717) is 17.9 Å². The van der Waals surface area contributed by atoms with Crippen LogP contribution >= 0.6 is 23.4 Å². The molecule has 1 amide bonds. The Bertz CT molecular complexity index is 1110. The summed E-state index contributed by atoms with van der Waals surface area (Å²) >= 11 is 7.64. The van der Waals surface area contributed by atoms with Gasteiger partial charge in [0.2, 0.25) is 0 Å². The smallest absolute Gasteiger partial charge is 0.256 e. The summed E-state index contributed by atoms with van der Waals surface area (Å²) in [5, 5.41) is 7.98. The first kappa shape index (κ1) is 20.2. The van der Waals surface area contributed by atoms with E-state index in [1.54, 1.807) is 34.9 Å². The molecular formula is C23H19ClN4OS. The number of thioether (sulfide) groups is 1. The number of hydrogen-bond acceptors (Lipinski definition) is 4. The molecule has 5 nitrogen and oxygen atoms in total. The third-order valence-corrected chi connectivity index (χ3v) is 5.72. The molecule has 150 valence electrons. The number of benzene rings is 2. The molecule has 4 aromatic rings. The van der Waals surface area contributed by atoms with Crippen LogP contribution in [-0.2, 0) is 12.3 Å². The molecule has 0 saturated heterocycles. The highest BCUT2D eigenvalue weighted by molar-refractivity contribution is 7.98. The van der Waals surface area contributed by atoms with Gasteiger partial charge in [0.05, 0.1) is 6.54 Å². The van der Waals surface area contributed by atoms with Gasteiger partial charge in [0.1, 0.15) is 0 Å². The van der Waals surface area contributed by atoms with Gasteiger partial charge in [-0.15, -0.1) is 11.8 Å². The van der Waals surface area contributed by atoms with Gasteiger partial charge in [-0.05, 0) is 53.6 Å². The van der Waals surface area contributed by atoms with Crippen molar-refractivity contribution in [1.82, 2.24) is 14.8 Å². The Kier molecular flexibility index (Phi) is 6.47. The Labute approximate surface area is 184 Å². The number of halogens is 1. The standard InChI is InChI=1S/C23H19ClN4OS/c24-20-7-9-21(10-8-20)30-16-17-3-5-19(6-4-17)23(29)26-22-11-13-28(27-22)15-18-2-1-12-25-14-18/h1-14H,15-16H2,(H,26,27,29). The molecule has 2 heterocycles. The monoisotopic (exact) mass is 434 g/mol. The molecule has 0 unspecified atom stereocenters. The van der Waals surface area contributed by atoms with Gasteiger partial charge in [-0.1, -0.05) is 29.8 Å². The summed E-state index contributed by atoms with van der Waals surface area (Å²) in [6.45, 7) is 0.601. The van der Waals surface area contributed by atoms with Gasteiger partial charge in [-0.25, -0.2) is 0 Å². The number of hydrogen-bond donors (Lipinski definition) is 1. The molecule has 0 aliphatic heterocycles. The summed E-state index contributed by atoms with van der Waals surface area (Å²) in [6.07, 6.45) is 5.37. The van der Waals surface area contributed by atoms with Crippen LogP contribution in [0, 0.1) is 0 Å². The highest BCUT2D eigenvalue weighted by Gasteiger charge is 2.09. The third-order valence-electron chi connectivity index (χ3n) is 4.38. The summed E-state index contributed by atoms with van der Waals surface area (Å²) in [5.41, 5.74) is 2.79. The third kappa shape index (κ3) is 5.49. The van der Waals surface area contributed by atoms with Crippen molar-refractivity contribution < 1.29 is 4.79 Å². The number of rotatable bonds is 7. The van der Waals surface area contributed by atoms with Crippen molar-refractivity contribution in [2.75, 3.05) is 5.32 Å². The van der Waals surface area contributed by atoms with Crippen LogP contribution in [0.15, 0.2) is 90.2 Å². The van der Waals surface area contributed by atoms with Gasteiger partial charge >= 0.3 is 0 Å². The lowest BCUT2D eigenvalue weighted by molar-refractivity contribution is 0.102. The second kappa shape index (κ2) is 9.61. The van der Waals surface area contributed by atoms with Crippen molar-refractivity contribution in [2.45, 2.75) is 17.2 Å². The van der Waals surface area contributed by atoms with Crippen LogP contribution in [0.3, 0.4) is 0 Å². The molecule has 0 aliphatic rings. The minimum atomic E-state index is -0.182. The second-order valence-corrected chi connectivity index (χ2v) is 8.14. The van der Waals surface area contributed by atoms with Crippen molar-refractivity contribution in [2.24, 2.45) is 0 Å². The van der Waals surface area contributed by atoms with Gasteiger partial charge in [0.15, 0.2) is 5.82 Å². The van der Waals surface area contributed by atoms with Crippen molar-refractivity contribution in [3.05, 3.63) is 107 Å². The minimum absolute atomic E-state index is 0.182. The first-order valence-corrected chi connectivity index (χ1v) is 10.7. The molecule has 30 heavy (non-hydrogen) atoms. The normalized spacial score (nSPS) is 10.7. The van der Waals surface area contributed by atoms with E-state index in [2.05, 4.69) is 15.4 Å². The fourth-order valence-electron chi connectivity index (χ4n) is 2.83. The molecule has 2 aromatic carbocycles. The summed E-state index contributed by atoms with van der Waals surface area (Å²) in [4.78, 5) is 17.8. The number of anilines is 1. The van der Waals surface area contributed by atoms with Crippen molar-refractivity contribution >= 4 is 35.1 Å². The second-order valence-electron chi connectivity index (χ2n) is 6.65. The molecule has 1 N–H and O–H groups in total. The Morgan fingerprint density at radius 3 is 2.53 bits per heavy atom. The fourth-order valence-corrected chi connectivity index (χ4v) is 3.81. The number of carbonyl (C=O) groups is 1. The van der Waals surface area contributed by atoms with Crippen LogP contribution in [0.25, 0.3) is 0 Å². The lowest BCUT2D eigenvalue weighted by Gasteiger charge is -2.05. The fraction of sp³-hybridized carbons (Fsp3) is 0.0870. The van der Waals surface area contributed by atoms with Crippen molar-refractivity contribution in [3.8, 4) is 0 Å². The van der Waals surface area contributed by atoms with Gasteiger partial charge in [-0.3, -0.25) is 14.5 Å². The van der Waals surface area contributed by atoms with E-state index in [1.807, 2.05) is 66.9 Å². The Morgan fingerprint density at radius 2 is 1.80 bits per heavy atom. The van der Waals surface area contributed by atoms with Crippen molar-refractivity contribution in [3.63, 3.8) is 0 Å². The van der Waals surface area contributed by atoms with Gasteiger partial charge < -0.3 is 5.32 Å². The first-order chi connectivity index (χ1) is 14.7. The number of amides is 1. The van der Waals surface area contributed by atoms with E-state index in [4.69, 9.17) is 11.6 Å². The zero-order valence-corrected chi connectivity index (χ0v) is 17.6. The predicted octanol–water partition coefficient (Wildman–Crippen LogP) is 5.52. The maximum absolute atomic E-state index is 12.5. The van der Waals surface area contributed by atoms with Crippen LogP contribution < -0.4 is 5.32 Å². The number of nitrogens with one attached hydrogen (secondary N) is 1. The van der Waals surface area contributed by atoms with E-state index < -0.39 is 0 Å². The molecule has 0 fully saturated rings. The number of aromatic nitrogens is 3. The zero-order valence-electron chi connectivity index (χ0n) is 16.0. The van der Waals surface area contributed by atoms with E-state index in [9.17, 15) is 4.79 Å². The van der Waals surface area contributed by atoms with Crippen LogP contribution in [-0.4, -0.2) is 20.7 Å². The van der Waals surface area contributed by atoms with Gasteiger partial charge in [-0.2, -0.15) is 5.10 Å². The maximum Gasteiger partial charge on any atom is 0.256 e. The average molecular weight is 435 g/mol. The zero-order chi connectivity index (χ0) is 20.8. The minimum Gasteiger partial charge on any atom is -0.305 e. The average Bonchev–Trinajstić information content (AvgIpc) is 3.21. The molecule has 2 aromatic heterocycles. The predicted molar refractivity (Wildman–Crippen MR) is 121 cm³/mol. The molecule has 0 spiro atoms. The lowest BCUT2D eigenvalue weighted by Crippen LogP contribution is -2.13.